The van der Waals surface area contributed by atoms with Crippen molar-refractivity contribution < 1.29 is 4.74 Å². The predicted molar refractivity (Wildman–Crippen MR) is 155 cm³/mol. The third-order valence-corrected chi connectivity index (χ3v) is 11.0. The van der Waals surface area contributed by atoms with Crippen LogP contribution in [-0.2, 0) is 4.74 Å². The van der Waals surface area contributed by atoms with Crippen molar-refractivity contribution in [2.75, 3.05) is 0 Å². The van der Waals surface area contributed by atoms with Gasteiger partial charge in [-0.2, -0.15) is 0 Å². The van der Waals surface area contributed by atoms with Crippen molar-refractivity contribution in [2.24, 2.45) is 11.8 Å². The quantitative estimate of drug-likeness (QED) is 0.355. The first kappa shape index (κ1) is 23.5. The number of rotatable bonds is 3. The maximum Gasteiger partial charge on any atom is 0.0737 e. The van der Waals surface area contributed by atoms with Crippen LogP contribution in [0.25, 0.3) is 22.3 Å². The third kappa shape index (κ3) is 3.90. The van der Waals surface area contributed by atoms with E-state index in [1.165, 1.54) is 86.5 Å². The van der Waals surface area contributed by atoms with Crippen molar-refractivity contribution in [1.29, 1.82) is 0 Å². The Labute approximate surface area is 228 Å². The minimum absolute atomic E-state index is 0.511. The van der Waals surface area contributed by atoms with E-state index in [-0.39, 0.29) is 0 Å². The lowest BCUT2D eigenvalue weighted by molar-refractivity contribution is -0.177. The fraction of sp³-hybridized carbons (Fsp3) is 0.500. The lowest BCUT2D eigenvalue weighted by Gasteiger charge is -2.53. The molecule has 0 bridgehead atoms. The molecule has 2 saturated heterocycles. The van der Waals surface area contributed by atoms with Crippen LogP contribution >= 0.6 is 0 Å². The Bertz CT molecular complexity index is 1290. The molecule has 38 heavy (non-hydrogen) atoms. The zero-order valence-corrected chi connectivity index (χ0v) is 22.6. The van der Waals surface area contributed by atoms with Crippen LogP contribution in [0.4, 0.5) is 0 Å². The third-order valence-electron chi connectivity index (χ3n) is 11.0. The summed E-state index contributed by atoms with van der Waals surface area (Å²) in [6.45, 7) is 0. The molecule has 5 fully saturated rings. The van der Waals surface area contributed by atoms with Crippen LogP contribution in [0, 0.1) is 11.8 Å². The topological polar surface area (TPSA) is 12.5 Å². The lowest BCUT2D eigenvalue weighted by atomic mass is 9.68. The standard InChI is InChI=1S/C36H41NO/c1-2-9-24(10-3-1)25-11-6-12-26(21-25)27-13-7-14-28(22-27)29-19-20-32-31(23-29)30-15-8-18-35-36(30)37(32)33-16-4-5-17-34(33)38-35/h1-3,6-7,9-14,21-22,29-36H,4-5,8,15-20,23H2. The number of hydrogen-bond donors (Lipinski definition) is 0. The number of nitrogens with zero attached hydrogens (tertiary/aromatic N) is 1. The molecule has 3 aliphatic carbocycles. The first-order valence-electron chi connectivity index (χ1n) is 15.5. The molecule has 5 aliphatic rings. The molecule has 3 saturated carbocycles. The second-order valence-corrected chi connectivity index (χ2v) is 12.9. The van der Waals surface area contributed by atoms with E-state index in [9.17, 15) is 0 Å². The maximum absolute atomic E-state index is 6.86. The molecule has 0 radical (unpaired) electrons. The predicted octanol–water partition coefficient (Wildman–Crippen LogP) is 8.47. The average Bonchev–Trinajstić information content (AvgIpc) is 3.33. The van der Waals surface area contributed by atoms with E-state index in [1.54, 1.807) is 5.56 Å². The summed E-state index contributed by atoms with van der Waals surface area (Å²) in [5, 5.41) is 0. The zero-order valence-electron chi connectivity index (χ0n) is 22.6. The number of benzene rings is 3. The van der Waals surface area contributed by atoms with Gasteiger partial charge in [0.25, 0.3) is 0 Å². The van der Waals surface area contributed by atoms with E-state index in [4.69, 9.17) is 4.74 Å². The summed E-state index contributed by atoms with van der Waals surface area (Å²) in [6, 6.07) is 31.6. The molecule has 3 aromatic carbocycles. The van der Waals surface area contributed by atoms with Crippen LogP contribution in [0.15, 0.2) is 78.9 Å². The van der Waals surface area contributed by atoms with Crippen molar-refractivity contribution >= 4 is 0 Å². The van der Waals surface area contributed by atoms with Gasteiger partial charge >= 0.3 is 0 Å². The summed E-state index contributed by atoms with van der Waals surface area (Å²) < 4.78 is 6.86. The molecule has 0 N–H and O–H groups in total. The molecule has 2 nitrogen and oxygen atoms in total. The van der Waals surface area contributed by atoms with Crippen LogP contribution in [0.5, 0.6) is 0 Å². The van der Waals surface area contributed by atoms with Gasteiger partial charge < -0.3 is 4.74 Å². The highest BCUT2D eigenvalue weighted by atomic mass is 16.5. The van der Waals surface area contributed by atoms with Gasteiger partial charge in [-0.05, 0) is 96.6 Å². The monoisotopic (exact) mass is 503 g/mol. The van der Waals surface area contributed by atoms with Crippen LogP contribution < -0.4 is 0 Å². The summed E-state index contributed by atoms with van der Waals surface area (Å²) >= 11 is 0. The lowest BCUT2D eigenvalue weighted by Crippen LogP contribution is -2.63. The molecule has 0 aromatic heterocycles. The smallest absolute Gasteiger partial charge is 0.0737 e. The van der Waals surface area contributed by atoms with Crippen LogP contribution in [0.3, 0.4) is 0 Å². The molecule has 8 unspecified atom stereocenters. The van der Waals surface area contributed by atoms with Crippen molar-refractivity contribution in [1.82, 2.24) is 4.90 Å². The average molecular weight is 504 g/mol. The summed E-state index contributed by atoms with van der Waals surface area (Å²) in [5.41, 5.74) is 6.84. The SMILES string of the molecule is c1ccc(-c2cccc(-c3cccc(C4CCC5C(C4)C4CCCC6OC7CCCCC7N5C64)c3)c2)cc1. The van der Waals surface area contributed by atoms with Gasteiger partial charge in [0.2, 0.25) is 0 Å². The number of fused-ring (bicyclic) bond motifs is 5. The second-order valence-electron chi connectivity index (χ2n) is 12.9. The van der Waals surface area contributed by atoms with Crippen molar-refractivity contribution in [3.05, 3.63) is 84.4 Å². The maximum atomic E-state index is 6.86. The fourth-order valence-corrected chi connectivity index (χ4v) is 9.49. The Morgan fingerprint density at radius 3 is 2.18 bits per heavy atom. The van der Waals surface area contributed by atoms with Gasteiger partial charge in [0.1, 0.15) is 0 Å². The molecule has 2 aliphatic heterocycles. The molecule has 3 aromatic rings. The Morgan fingerprint density at radius 2 is 1.29 bits per heavy atom. The van der Waals surface area contributed by atoms with Gasteiger partial charge in [0.05, 0.1) is 12.2 Å². The zero-order chi connectivity index (χ0) is 25.1. The second kappa shape index (κ2) is 9.65. The highest BCUT2D eigenvalue weighted by molar-refractivity contribution is 5.73. The Balaban J connectivity index is 1.06. The van der Waals surface area contributed by atoms with E-state index < -0.39 is 0 Å². The first-order valence-corrected chi connectivity index (χ1v) is 15.5. The highest BCUT2D eigenvalue weighted by Crippen LogP contribution is 2.56. The molecule has 196 valence electrons. The first-order chi connectivity index (χ1) is 18.8. The van der Waals surface area contributed by atoms with Gasteiger partial charge in [-0.1, -0.05) is 92.1 Å². The van der Waals surface area contributed by atoms with E-state index >= 15 is 0 Å². The molecule has 0 amide bonds. The van der Waals surface area contributed by atoms with Crippen molar-refractivity contribution in [2.45, 2.75) is 100 Å². The van der Waals surface area contributed by atoms with Crippen molar-refractivity contribution in [3.8, 4) is 22.3 Å². The summed E-state index contributed by atoms with van der Waals surface area (Å²) in [7, 11) is 0. The van der Waals surface area contributed by atoms with Crippen LogP contribution in [-0.4, -0.2) is 35.2 Å². The van der Waals surface area contributed by atoms with E-state index in [2.05, 4.69) is 83.8 Å². The van der Waals surface area contributed by atoms with Crippen LogP contribution in [0.1, 0.15) is 75.7 Å². The summed E-state index contributed by atoms with van der Waals surface area (Å²) in [6.07, 6.45) is 14.7. The number of morpholine rings is 1. The van der Waals surface area contributed by atoms with E-state index in [0.29, 0.717) is 30.2 Å². The Morgan fingerprint density at radius 1 is 0.553 bits per heavy atom. The van der Waals surface area contributed by atoms with E-state index in [1.807, 2.05) is 0 Å². The van der Waals surface area contributed by atoms with Gasteiger partial charge in [0.15, 0.2) is 0 Å². The van der Waals surface area contributed by atoms with Gasteiger partial charge in [-0.3, -0.25) is 4.90 Å². The Kier molecular flexibility index (Phi) is 5.96. The van der Waals surface area contributed by atoms with Gasteiger partial charge in [0, 0.05) is 18.1 Å². The molecule has 2 heteroatoms. The molecule has 8 rings (SSSR count). The molecule has 2 heterocycles. The minimum Gasteiger partial charge on any atom is -0.372 e. The van der Waals surface area contributed by atoms with Gasteiger partial charge in [-0.15, -0.1) is 0 Å². The highest BCUT2D eigenvalue weighted by Gasteiger charge is 2.59. The Hall–Kier alpha value is -2.42. The molecular formula is C36H41NO. The molecule has 8 atom stereocenters. The van der Waals surface area contributed by atoms with E-state index in [0.717, 1.165) is 17.9 Å². The summed E-state index contributed by atoms with van der Waals surface area (Å²) in [5.74, 6) is 2.41. The number of hydrogen-bond acceptors (Lipinski definition) is 2. The normalized spacial score (nSPS) is 36.2. The van der Waals surface area contributed by atoms with Crippen molar-refractivity contribution in [3.63, 3.8) is 0 Å². The minimum atomic E-state index is 0.511. The number of ether oxygens (including phenoxy) is 1. The molecular weight excluding hydrogens is 462 g/mol. The summed E-state index contributed by atoms with van der Waals surface area (Å²) in [4.78, 5) is 3.09. The molecule has 0 spiro atoms. The largest absolute Gasteiger partial charge is 0.372 e. The van der Waals surface area contributed by atoms with Gasteiger partial charge in [-0.25, -0.2) is 0 Å². The van der Waals surface area contributed by atoms with Crippen LogP contribution in [0.2, 0.25) is 0 Å². The fourth-order valence-electron chi connectivity index (χ4n) is 9.49.